The highest BCUT2D eigenvalue weighted by Crippen LogP contribution is 2.25. The van der Waals surface area contributed by atoms with Crippen molar-refractivity contribution in [2.24, 2.45) is 0 Å². The number of nitrogens with zero attached hydrogens (tertiary/aromatic N) is 4. The number of para-hydroxylation sites is 2. The molecule has 53 heavy (non-hydrogen) atoms. The summed E-state index contributed by atoms with van der Waals surface area (Å²) in [5.41, 5.74) is 1.90. The van der Waals surface area contributed by atoms with Crippen LogP contribution in [0, 0.1) is 0 Å². The van der Waals surface area contributed by atoms with Gasteiger partial charge in [0.25, 0.3) is 11.1 Å². The van der Waals surface area contributed by atoms with E-state index < -0.39 is 20.8 Å². The summed E-state index contributed by atoms with van der Waals surface area (Å²) < 4.78 is 74.6. The number of unbranched alkanes of at least 4 members (excludes halogenated alkanes) is 6. The SMILES string of the molecule is O=c1c2ccccc2nc(-c2ccc(OS(=O)(=O)O)cc2)n1CCCCCCCCCn1c(-c2ccc(OS(=O)(=O)O)cc2)nc2ccccc2c1=O. The first-order chi connectivity index (χ1) is 25.4. The van der Waals surface area contributed by atoms with Crippen LogP contribution in [-0.4, -0.2) is 45.0 Å². The number of hydrogen-bond donors (Lipinski definition) is 2. The molecule has 2 N–H and O–H groups in total. The molecule has 16 heteroatoms. The van der Waals surface area contributed by atoms with E-state index in [0.717, 1.165) is 44.9 Å². The lowest BCUT2D eigenvalue weighted by atomic mass is 10.1. The van der Waals surface area contributed by atoms with Crippen molar-refractivity contribution in [2.75, 3.05) is 0 Å². The second-order valence-corrected chi connectivity index (χ2v) is 14.4. The van der Waals surface area contributed by atoms with E-state index in [2.05, 4.69) is 8.37 Å². The Hall–Kier alpha value is -5.42. The fourth-order valence-electron chi connectivity index (χ4n) is 6.18. The van der Waals surface area contributed by atoms with E-state index in [-0.39, 0.29) is 22.6 Å². The molecule has 0 bridgehead atoms. The van der Waals surface area contributed by atoms with Gasteiger partial charge in [-0.1, -0.05) is 56.4 Å². The molecule has 0 atom stereocenters. The van der Waals surface area contributed by atoms with Crippen LogP contribution in [0.4, 0.5) is 0 Å². The summed E-state index contributed by atoms with van der Waals surface area (Å²) in [7, 11) is -9.35. The molecule has 0 aliphatic rings. The second-order valence-electron chi connectivity index (χ2n) is 12.4. The van der Waals surface area contributed by atoms with Crippen molar-refractivity contribution in [3.05, 3.63) is 118 Å². The van der Waals surface area contributed by atoms with E-state index in [0.29, 0.717) is 57.7 Å². The summed E-state index contributed by atoms with van der Waals surface area (Å²) in [5.74, 6) is 0.724. The van der Waals surface area contributed by atoms with Crippen molar-refractivity contribution in [1.29, 1.82) is 0 Å². The smallest absolute Gasteiger partial charge is 0.362 e. The Morgan fingerprint density at radius 3 is 1.19 bits per heavy atom. The van der Waals surface area contributed by atoms with Crippen LogP contribution in [0.5, 0.6) is 11.5 Å². The quantitative estimate of drug-likeness (QED) is 0.0834. The maximum Gasteiger partial charge on any atom is 0.446 e. The minimum Gasteiger partial charge on any atom is -0.362 e. The molecule has 0 unspecified atom stereocenters. The van der Waals surface area contributed by atoms with Crippen LogP contribution < -0.4 is 19.5 Å². The number of fused-ring (bicyclic) bond motifs is 2. The van der Waals surface area contributed by atoms with Gasteiger partial charge in [-0.05, 0) is 85.6 Å². The zero-order valence-corrected chi connectivity index (χ0v) is 30.0. The predicted octanol–water partition coefficient (Wildman–Crippen LogP) is 6.23. The second kappa shape index (κ2) is 16.1. The van der Waals surface area contributed by atoms with E-state index in [1.54, 1.807) is 81.9 Å². The van der Waals surface area contributed by atoms with Gasteiger partial charge in [-0.15, -0.1) is 0 Å². The monoisotopic (exact) mass is 760 g/mol. The van der Waals surface area contributed by atoms with E-state index in [1.807, 2.05) is 0 Å². The standard InChI is InChI=1S/C37H36N4O10S2/c42-36-30-12-6-8-14-32(30)38-34(26-16-20-28(21-17-26)50-52(44,45)46)40(36)24-10-4-2-1-3-5-11-25-41-35(39-33-15-9-7-13-31(33)37(41)43)27-18-22-29(23-19-27)51-53(47,48)49/h6-9,12-23H,1-5,10-11,24-25H2,(H,44,45,46)(H,47,48,49). The van der Waals surface area contributed by atoms with Crippen molar-refractivity contribution >= 4 is 42.6 Å². The molecule has 0 aliphatic carbocycles. The molecular weight excluding hydrogens is 725 g/mol. The Labute approximate surface area is 305 Å². The van der Waals surface area contributed by atoms with Crippen LogP contribution >= 0.6 is 0 Å². The van der Waals surface area contributed by atoms with Crippen molar-refractivity contribution in [2.45, 2.75) is 58.0 Å². The Morgan fingerprint density at radius 2 is 0.830 bits per heavy atom. The topological polar surface area (TPSA) is 197 Å². The highest BCUT2D eigenvalue weighted by Gasteiger charge is 2.16. The molecule has 0 radical (unpaired) electrons. The zero-order chi connectivity index (χ0) is 37.6. The maximum atomic E-state index is 13.5. The van der Waals surface area contributed by atoms with Crippen molar-refractivity contribution < 1.29 is 34.3 Å². The summed E-state index contributed by atoms with van der Waals surface area (Å²) in [4.78, 5) is 36.5. The molecule has 6 aromatic rings. The normalized spacial score (nSPS) is 12.0. The summed E-state index contributed by atoms with van der Waals surface area (Å²) in [6.07, 6.45) is 6.03. The lowest BCUT2D eigenvalue weighted by Gasteiger charge is -2.14. The first-order valence-corrected chi connectivity index (χ1v) is 19.6. The van der Waals surface area contributed by atoms with Crippen LogP contribution in [0.2, 0.25) is 0 Å². The first-order valence-electron chi connectivity index (χ1n) is 16.9. The average molecular weight is 761 g/mol. The Kier molecular flexibility index (Phi) is 11.3. The Bertz CT molecular complexity index is 2410. The molecule has 6 rings (SSSR count). The third-order valence-electron chi connectivity index (χ3n) is 8.61. The van der Waals surface area contributed by atoms with E-state index in [1.165, 1.54) is 24.3 Å². The van der Waals surface area contributed by atoms with Gasteiger partial charge in [-0.2, -0.15) is 16.8 Å². The zero-order valence-electron chi connectivity index (χ0n) is 28.4. The molecule has 2 aromatic heterocycles. The molecule has 0 saturated heterocycles. The number of hydrogen-bond acceptors (Lipinski definition) is 10. The van der Waals surface area contributed by atoms with Gasteiger partial charge >= 0.3 is 20.8 Å². The number of benzene rings is 4. The molecule has 0 saturated carbocycles. The van der Waals surface area contributed by atoms with Gasteiger partial charge in [0.05, 0.1) is 21.8 Å². The number of aromatic nitrogens is 4. The van der Waals surface area contributed by atoms with Crippen LogP contribution in [0.15, 0.2) is 107 Å². The largest absolute Gasteiger partial charge is 0.446 e. The fraction of sp³-hybridized carbons (Fsp3) is 0.243. The summed E-state index contributed by atoms with van der Waals surface area (Å²) >= 11 is 0. The summed E-state index contributed by atoms with van der Waals surface area (Å²) in [6, 6.07) is 26.0. The molecule has 14 nitrogen and oxygen atoms in total. The van der Waals surface area contributed by atoms with Gasteiger partial charge in [-0.3, -0.25) is 27.8 Å². The highest BCUT2D eigenvalue weighted by molar-refractivity contribution is 7.81. The van der Waals surface area contributed by atoms with Gasteiger partial charge < -0.3 is 8.37 Å². The molecule has 0 fully saturated rings. The van der Waals surface area contributed by atoms with Gasteiger partial charge in [0.15, 0.2) is 0 Å². The third-order valence-corrected chi connectivity index (χ3v) is 9.42. The average Bonchev–Trinajstić information content (AvgIpc) is 3.12. The lowest BCUT2D eigenvalue weighted by molar-refractivity contribution is 0.384. The predicted molar refractivity (Wildman–Crippen MR) is 200 cm³/mol. The highest BCUT2D eigenvalue weighted by atomic mass is 32.3. The minimum absolute atomic E-state index is 0.0753. The van der Waals surface area contributed by atoms with Gasteiger partial charge in [0.2, 0.25) is 0 Å². The van der Waals surface area contributed by atoms with E-state index in [9.17, 15) is 26.4 Å². The molecular formula is C37H36N4O10S2. The molecule has 0 aliphatic heterocycles. The van der Waals surface area contributed by atoms with Crippen LogP contribution in [-0.2, 0) is 33.9 Å². The van der Waals surface area contributed by atoms with Gasteiger partial charge in [0.1, 0.15) is 23.1 Å². The van der Waals surface area contributed by atoms with Crippen LogP contribution in [0.25, 0.3) is 44.6 Å². The van der Waals surface area contributed by atoms with E-state index in [4.69, 9.17) is 19.1 Å². The van der Waals surface area contributed by atoms with Crippen molar-refractivity contribution in [3.8, 4) is 34.3 Å². The third kappa shape index (κ3) is 9.53. The van der Waals surface area contributed by atoms with Gasteiger partial charge in [0, 0.05) is 24.2 Å². The first kappa shape index (κ1) is 37.3. The minimum atomic E-state index is -4.67. The fourth-order valence-corrected chi connectivity index (χ4v) is 6.89. The summed E-state index contributed by atoms with van der Waals surface area (Å²) in [6.45, 7) is 0.859. The Morgan fingerprint density at radius 1 is 0.491 bits per heavy atom. The molecule has 0 amide bonds. The van der Waals surface area contributed by atoms with Crippen LogP contribution in [0.1, 0.15) is 44.9 Å². The molecule has 276 valence electrons. The maximum absolute atomic E-state index is 13.5. The summed E-state index contributed by atoms with van der Waals surface area (Å²) in [5, 5.41) is 0.990. The Balaban J connectivity index is 1.06. The van der Waals surface area contributed by atoms with Crippen molar-refractivity contribution in [3.63, 3.8) is 0 Å². The van der Waals surface area contributed by atoms with Crippen molar-refractivity contribution in [1.82, 2.24) is 19.1 Å². The molecule has 0 spiro atoms. The molecule has 2 heterocycles. The van der Waals surface area contributed by atoms with E-state index >= 15 is 0 Å². The number of rotatable bonds is 16. The van der Waals surface area contributed by atoms with Crippen LogP contribution in [0.3, 0.4) is 0 Å². The van der Waals surface area contributed by atoms with Gasteiger partial charge in [-0.25, -0.2) is 9.97 Å². The molecule has 4 aromatic carbocycles. The lowest BCUT2D eigenvalue weighted by Crippen LogP contribution is -2.23.